The highest BCUT2D eigenvalue weighted by Gasteiger charge is 2.35. The second kappa shape index (κ2) is 6.16. The second-order valence-corrected chi connectivity index (χ2v) is 6.01. The number of amides is 2. The van der Waals surface area contributed by atoms with Gasteiger partial charge in [-0.05, 0) is 44.7 Å². The molecule has 1 saturated heterocycles. The average molecular weight is 290 g/mol. The lowest BCUT2D eigenvalue weighted by Crippen LogP contribution is -2.48. The number of nitrogens with zero attached hydrogens (tertiary/aromatic N) is 1. The van der Waals surface area contributed by atoms with Crippen molar-refractivity contribution in [2.24, 2.45) is 0 Å². The monoisotopic (exact) mass is 290 g/mol. The molecule has 0 spiro atoms. The summed E-state index contributed by atoms with van der Waals surface area (Å²) in [4.78, 5) is 25.1. The van der Waals surface area contributed by atoms with Crippen molar-refractivity contribution in [3.63, 3.8) is 0 Å². The molecule has 1 aliphatic heterocycles. The van der Waals surface area contributed by atoms with E-state index in [1.807, 2.05) is 11.0 Å². The van der Waals surface area contributed by atoms with E-state index in [9.17, 15) is 9.59 Å². The molecule has 0 radical (unpaired) electrons. The van der Waals surface area contributed by atoms with Crippen LogP contribution in [0.1, 0.15) is 42.6 Å². The van der Waals surface area contributed by atoms with E-state index in [2.05, 4.69) is 19.2 Å². The van der Waals surface area contributed by atoms with Gasteiger partial charge >= 0.3 is 12.0 Å². The summed E-state index contributed by atoms with van der Waals surface area (Å²) in [5.41, 5.74) is 0.947. The minimum Gasteiger partial charge on any atom is -0.478 e. The van der Waals surface area contributed by atoms with Crippen LogP contribution in [0.5, 0.6) is 0 Å². The van der Waals surface area contributed by atoms with Crippen LogP contribution in [0.4, 0.5) is 4.79 Å². The molecule has 0 saturated carbocycles. The third kappa shape index (κ3) is 3.54. The maximum Gasteiger partial charge on any atom is 0.335 e. The lowest BCUT2D eigenvalue weighted by Gasteiger charge is -2.31. The minimum absolute atomic E-state index is 0.0645. The first-order valence-corrected chi connectivity index (χ1v) is 7.28. The molecule has 1 heterocycles. The SMILES string of the molecule is CC1(C)CCCN1C(=O)NCCc1ccccc1C(=O)O. The summed E-state index contributed by atoms with van der Waals surface area (Å²) in [6.07, 6.45) is 2.56. The van der Waals surface area contributed by atoms with E-state index < -0.39 is 5.97 Å². The third-order valence-corrected chi connectivity index (χ3v) is 4.06. The molecule has 0 atom stereocenters. The molecular formula is C16H22N2O3. The zero-order valence-electron chi connectivity index (χ0n) is 12.6. The van der Waals surface area contributed by atoms with Gasteiger partial charge in [-0.2, -0.15) is 0 Å². The Morgan fingerprint density at radius 3 is 2.67 bits per heavy atom. The smallest absolute Gasteiger partial charge is 0.335 e. The van der Waals surface area contributed by atoms with Crippen molar-refractivity contribution in [1.82, 2.24) is 10.2 Å². The van der Waals surface area contributed by atoms with Gasteiger partial charge in [-0.15, -0.1) is 0 Å². The third-order valence-electron chi connectivity index (χ3n) is 4.06. The number of nitrogens with one attached hydrogen (secondary N) is 1. The van der Waals surface area contributed by atoms with Gasteiger partial charge in [-0.1, -0.05) is 18.2 Å². The first kappa shape index (κ1) is 15.4. The van der Waals surface area contributed by atoms with Gasteiger partial charge in [0.25, 0.3) is 0 Å². The van der Waals surface area contributed by atoms with Crippen LogP contribution in [0.2, 0.25) is 0 Å². The second-order valence-electron chi connectivity index (χ2n) is 6.01. The number of carbonyl (C=O) groups is 2. The zero-order valence-corrected chi connectivity index (χ0v) is 12.6. The number of likely N-dealkylation sites (tertiary alicyclic amines) is 1. The van der Waals surface area contributed by atoms with Crippen molar-refractivity contribution >= 4 is 12.0 Å². The lowest BCUT2D eigenvalue weighted by molar-refractivity contribution is 0.0695. The van der Waals surface area contributed by atoms with Crippen LogP contribution >= 0.6 is 0 Å². The van der Waals surface area contributed by atoms with Crippen LogP contribution in [0.15, 0.2) is 24.3 Å². The predicted octanol–water partition coefficient (Wildman–Crippen LogP) is 2.51. The molecule has 114 valence electrons. The Labute approximate surface area is 125 Å². The van der Waals surface area contributed by atoms with Crippen molar-refractivity contribution in [3.05, 3.63) is 35.4 Å². The molecule has 2 N–H and O–H groups in total. The van der Waals surface area contributed by atoms with E-state index in [4.69, 9.17) is 5.11 Å². The fraction of sp³-hybridized carbons (Fsp3) is 0.500. The van der Waals surface area contributed by atoms with Crippen molar-refractivity contribution in [2.75, 3.05) is 13.1 Å². The molecule has 2 rings (SSSR count). The Kier molecular flexibility index (Phi) is 4.50. The fourth-order valence-corrected chi connectivity index (χ4v) is 2.83. The minimum atomic E-state index is -0.933. The van der Waals surface area contributed by atoms with Gasteiger partial charge in [-0.25, -0.2) is 9.59 Å². The average Bonchev–Trinajstić information content (AvgIpc) is 2.78. The van der Waals surface area contributed by atoms with Crippen molar-refractivity contribution in [3.8, 4) is 0 Å². The summed E-state index contributed by atoms with van der Waals surface area (Å²) >= 11 is 0. The number of aromatic carboxylic acids is 1. The molecule has 1 fully saturated rings. The maximum atomic E-state index is 12.2. The fourth-order valence-electron chi connectivity index (χ4n) is 2.83. The summed E-state index contributed by atoms with van der Waals surface area (Å²) in [6, 6.07) is 6.83. The summed E-state index contributed by atoms with van der Waals surface area (Å²) in [6.45, 7) is 5.36. The molecule has 0 aromatic heterocycles. The van der Waals surface area contributed by atoms with Gasteiger partial charge in [0, 0.05) is 18.6 Å². The van der Waals surface area contributed by atoms with Gasteiger partial charge in [0.2, 0.25) is 0 Å². The molecule has 5 nitrogen and oxygen atoms in total. The highest BCUT2D eigenvalue weighted by molar-refractivity contribution is 5.89. The normalized spacial score (nSPS) is 16.8. The summed E-state index contributed by atoms with van der Waals surface area (Å²) < 4.78 is 0. The Morgan fingerprint density at radius 2 is 2.05 bits per heavy atom. The number of carboxylic acids is 1. The van der Waals surface area contributed by atoms with Gasteiger partial charge in [0.1, 0.15) is 0 Å². The molecule has 5 heteroatoms. The Morgan fingerprint density at radius 1 is 1.33 bits per heavy atom. The van der Waals surface area contributed by atoms with Crippen molar-refractivity contribution in [2.45, 2.75) is 38.6 Å². The van der Waals surface area contributed by atoms with Crippen LogP contribution < -0.4 is 5.32 Å². The van der Waals surface area contributed by atoms with Gasteiger partial charge in [0.05, 0.1) is 5.56 Å². The molecule has 1 aromatic rings. The van der Waals surface area contributed by atoms with E-state index >= 15 is 0 Å². The highest BCUT2D eigenvalue weighted by Crippen LogP contribution is 2.27. The first-order valence-electron chi connectivity index (χ1n) is 7.28. The molecule has 1 aromatic carbocycles. The lowest BCUT2D eigenvalue weighted by atomic mass is 10.0. The topological polar surface area (TPSA) is 69.6 Å². The van der Waals surface area contributed by atoms with E-state index in [1.54, 1.807) is 18.2 Å². The largest absolute Gasteiger partial charge is 0.478 e. The van der Waals surface area contributed by atoms with Crippen LogP contribution in [0.3, 0.4) is 0 Å². The van der Waals surface area contributed by atoms with Crippen LogP contribution in [-0.4, -0.2) is 40.6 Å². The zero-order chi connectivity index (χ0) is 15.5. The molecule has 0 unspecified atom stereocenters. The number of hydrogen-bond acceptors (Lipinski definition) is 2. The van der Waals surface area contributed by atoms with Crippen molar-refractivity contribution in [1.29, 1.82) is 0 Å². The highest BCUT2D eigenvalue weighted by atomic mass is 16.4. The summed E-state index contributed by atoms with van der Waals surface area (Å²) in [7, 11) is 0. The van der Waals surface area contributed by atoms with Gasteiger partial charge in [0.15, 0.2) is 0 Å². The summed E-state index contributed by atoms with van der Waals surface area (Å²) in [5.74, 6) is -0.933. The number of carboxylic acid groups (broad SMARTS) is 1. The number of rotatable bonds is 4. The molecule has 0 bridgehead atoms. The quantitative estimate of drug-likeness (QED) is 0.895. The first-order chi connectivity index (χ1) is 9.92. The van der Waals surface area contributed by atoms with Crippen LogP contribution in [0.25, 0.3) is 0 Å². The predicted molar refractivity (Wildman–Crippen MR) is 80.5 cm³/mol. The Balaban J connectivity index is 1.90. The van der Waals surface area contributed by atoms with Gasteiger partial charge < -0.3 is 15.3 Å². The summed E-state index contributed by atoms with van der Waals surface area (Å²) in [5, 5.41) is 12.0. The van der Waals surface area contributed by atoms with E-state index in [0.29, 0.717) is 18.5 Å². The number of benzene rings is 1. The molecule has 21 heavy (non-hydrogen) atoms. The standard InChI is InChI=1S/C16H22N2O3/c1-16(2)9-5-11-18(16)15(21)17-10-8-12-6-3-4-7-13(12)14(19)20/h3-4,6-7H,5,8-11H2,1-2H3,(H,17,21)(H,19,20). The molecule has 1 aliphatic rings. The molecular weight excluding hydrogens is 268 g/mol. The van der Waals surface area contributed by atoms with Crippen LogP contribution in [0, 0.1) is 0 Å². The van der Waals surface area contributed by atoms with Crippen LogP contribution in [-0.2, 0) is 6.42 Å². The number of urea groups is 1. The number of carbonyl (C=O) groups excluding carboxylic acids is 1. The Bertz CT molecular complexity index is 540. The van der Waals surface area contributed by atoms with E-state index in [1.165, 1.54) is 0 Å². The van der Waals surface area contributed by atoms with Gasteiger partial charge in [-0.3, -0.25) is 0 Å². The maximum absolute atomic E-state index is 12.2. The van der Waals surface area contributed by atoms with E-state index in [0.717, 1.165) is 24.9 Å². The molecule has 2 amide bonds. The Hall–Kier alpha value is -2.04. The van der Waals surface area contributed by atoms with E-state index in [-0.39, 0.29) is 11.6 Å². The van der Waals surface area contributed by atoms with Crippen molar-refractivity contribution < 1.29 is 14.7 Å². The number of hydrogen-bond donors (Lipinski definition) is 2. The molecule has 0 aliphatic carbocycles.